The van der Waals surface area contributed by atoms with Crippen LogP contribution in [0.3, 0.4) is 0 Å². The molecule has 4 heteroatoms. The molecular weight excluding hydrogens is 461 g/mol. The van der Waals surface area contributed by atoms with Crippen molar-refractivity contribution >= 4 is 8.03 Å². The number of unbranched alkanes of at least 4 members (excludes halogenated alkanes) is 18. The van der Waals surface area contributed by atoms with Gasteiger partial charge in [0.15, 0.2) is 0 Å². The largest absolute Gasteiger partial charge is 0.590 e. The van der Waals surface area contributed by atoms with Gasteiger partial charge in [0.25, 0.3) is 5.28 Å². The maximum atomic E-state index is 12.1. The number of rotatable bonds is 27. The molecule has 0 aliphatic rings. The predicted octanol–water partition coefficient (Wildman–Crippen LogP) is 10.2. The smallest absolute Gasteiger partial charge is 0.376 e. The van der Waals surface area contributed by atoms with Crippen LogP contribution in [0.15, 0.2) is 24.8 Å². The zero-order chi connectivity index (χ0) is 27.0. The molecule has 0 saturated carbocycles. The van der Waals surface area contributed by atoms with Crippen LogP contribution < -0.4 is 4.89 Å². The van der Waals surface area contributed by atoms with Gasteiger partial charge >= 0.3 is 8.03 Å². The van der Waals surface area contributed by atoms with E-state index in [4.69, 9.17) is 0 Å². The summed E-state index contributed by atoms with van der Waals surface area (Å²) in [7, 11) is 3.68. The first-order valence-electron chi connectivity index (χ1n) is 15.5. The van der Waals surface area contributed by atoms with E-state index in [1.54, 1.807) is 0 Å². The molecule has 212 valence electrons. The van der Waals surface area contributed by atoms with Gasteiger partial charge < -0.3 is 4.89 Å². The number of hydrogen-bond donors (Lipinski definition) is 0. The highest BCUT2D eigenvalue weighted by Crippen LogP contribution is 2.45. The summed E-state index contributed by atoms with van der Waals surface area (Å²) in [6.07, 6.45) is 35.6. The zero-order valence-corrected chi connectivity index (χ0v) is 25.8. The molecule has 0 spiro atoms. The number of hydrogen-bond acceptors (Lipinski definition) is 2. The summed E-state index contributed by atoms with van der Waals surface area (Å²) < 4.78 is 12.6. The minimum atomic E-state index is -2.43. The Bertz CT molecular complexity index is 555. The Morgan fingerprint density at radius 1 is 0.639 bits per heavy atom. The van der Waals surface area contributed by atoms with Gasteiger partial charge in [-0.15, -0.1) is 6.58 Å². The summed E-state index contributed by atoms with van der Waals surface area (Å²) in [5.41, 5.74) is 0. The Labute approximate surface area is 227 Å². The second kappa shape index (κ2) is 23.6. The van der Waals surface area contributed by atoms with Gasteiger partial charge in [0.2, 0.25) is 0 Å². The highest BCUT2D eigenvalue weighted by molar-refractivity contribution is 7.38. The quantitative estimate of drug-likeness (QED) is 0.0464. The van der Waals surface area contributed by atoms with Crippen LogP contribution in [-0.4, -0.2) is 30.9 Å². The third-order valence-corrected chi connectivity index (χ3v) is 9.61. The summed E-state index contributed by atoms with van der Waals surface area (Å²) in [5, 5.41) is -0.595. The molecule has 0 amide bonds. The van der Waals surface area contributed by atoms with Crippen LogP contribution in [0.5, 0.6) is 0 Å². The van der Waals surface area contributed by atoms with Crippen LogP contribution in [-0.2, 0) is 4.57 Å². The van der Waals surface area contributed by atoms with E-state index in [0.717, 1.165) is 32.1 Å². The topological polar surface area (TPSA) is 40.1 Å². The maximum absolute atomic E-state index is 12.1. The first-order valence-corrected chi connectivity index (χ1v) is 16.7. The Morgan fingerprint density at radius 2 is 1.00 bits per heavy atom. The first-order chi connectivity index (χ1) is 17.3. The van der Waals surface area contributed by atoms with Crippen LogP contribution in [0.4, 0.5) is 0 Å². The van der Waals surface area contributed by atoms with E-state index in [0.29, 0.717) is 4.48 Å². The van der Waals surface area contributed by atoms with E-state index in [2.05, 4.69) is 25.7 Å². The van der Waals surface area contributed by atoms with Gasteiger partial charge in [-0.3, -0.25) is 4.48 Å². The van der Waals surface area contributed by atoms with Crippen molar-refractivity contribution in [2.24, 2.45) is 0 Å². The van der Waals surface area contributed by atoms with Gasteiger partial charge in [-0.25, -0.2) is 0 Å². The van der Waals surface area contributed by atoms with Crippen LogP contribution >= 0.6 is 8.03 Å². The van der Waals surface area contributed by atoms with Gasteiger partial charge in [-0.05, 0) is 51.4 Å². The van der Waals surface area contributed by atoms with Gasteiger partial charge in [-0.1, -0.05) is 113 Å². The molecule has 0 fully saturated rings. The van der Waals surface area contributed by atoms with Crippen molar-refractivity contribution in [3.05, 3.63) is 24.8 Å². The lowest BCUT2D eigenvalue weighted by Crippen LogP contribution is -2.55. The van der Waals surface area contributed by atoms with E-state index in [-0.39, 0.29) is 0 Å². The first kappa shape index (κ1) is 35.5. The van der Waals surface area contributed by atoms with E-state index >= 15 is 0 Å². The van der Waals surface area contributed by atoms with Gasteiger partial charge in [-0.2, -0.15) is 0 Å². The molecule has 0 heterocycles. The fourth-order valence-electron chi connectivity index (χ4n) is 5.38. The summed E-state index contributed by atoms with van der Waals surface area (Å²) >= 11 is 0. The van der Waals surface area contributed by atoms with Crippen LogP contribution in [0.1, 0.15) is 155 Å². The van der Waals surface area contributed by atoms with Crippen molar-refractivity contribution in [1.29, 1.82) is 0 Å². The SMILES string of the molecule is C=CCCCCCCCCCCC/C=C\CCCCCCCCCCC(CCC)([P+](=O)[O-])[N+](C)(C)C. The average Bonchev–Trinajstić information content (AvgIpc) is 2.82. The molecule has 0 aromatic carbocycles. The number of nitrogens with zero attached hydrogens (tertiary/aromatic N) is 1. The van der Waals surface area contributed by atoms with E-state index < -0.39 is 13.3 Å². The van der Waals surface area contributed by atoms with Crippen molar-refractivity contribution in [1.82, 2.24) is 0 Å². The Balaban J connectivity index is 3.53. The second-order valence-electron chi connectivity index (χ2n) is 11.9. The van der Waals surface area contributed by atoms with Crippen molar-refractivity contribution in [2.45, 2.75) is 160 Å². The highest BCUT2D eigenvalue weighted by Gasteiger charge is 2.53. The molecule has 0 aromatic heterocycles. The summed E-state index contributed by atoms with van der Waals surface area (Å²) in [4.78, 5) is 12.1. The fourth-order valence-corrected chi connectivity index (χ4v) is 6.62. The maximum Gasteiger partial charge on any atom is 0.376 e. The standard InChI is InChI=1S/C32H63NO2P/c1-6-8-9-10-11-12-13-14-15-16-17-18-19-20-21-22-23-24-25-26-27-28-29-31-32(30-7-2,36(34)35)33(3,4)5/h6,19-20H,1,7-18,21-31H2,2-5H3/q+1/b20-19-. The van der Waals surface area contributed by atoms with E-state index in [1.807, 2.05) is 27.2 Å². The molecule has 3 nitrogen and oxygen atoms in total. The van der Waals surface area contributed by atoms with Gasteiger partial charge in [0.1, 0.15) is 0 Å². The third-order valence-electron chi connectivity index (χ3n) is 7.88. The second-order valence-corrected chi connectivity index (χ2v) is 13.2. The molecule has 36 heavy (non-hydrogen) atoms. The number of allylic oxidation sites excluding steroid dienone is 3. The van der Waals surface area contributed by atoms with Crippen molar-refractivity contribution in [2.75, 3.05) is 21.1 Å². The summed E-state index contributed by atoms with van der Waals surface area (Å²) in [6.45, 7) is 5.88. The predicted molar refractivity (Wildman–Crippen MR) is 160 cm³/mol. The lowest BCUT2D eigenvalue weighted by Gasteiger charge is -2.39. The fraction of sp³-hybridized carbons (Fsp3) is 0.875. The molecule has 0 radical (unpaired) electrons. The van der Waals surface area contributed by atoms with Crippen molar-refractivity contribution in [3.8, 4) is 0 Å². The van der Waals surface area contributed by atoms with Gasteiger partial charge in [0.05, 0.1) is 21.1 Å². The highest BCUT2D eigenvalue weighted by atomic mass is 31.1. The Kier molecular flexibility index (Phi) is 23.3. The number of quaternary nitrogens is 1. The normalized spacial score (nSPS) is 14.3. The van der Waals surface area contributed by atoms with Crippen molar-refractivity contribution < 1.29 is 13.9 Å². The van der Waals surface area contributed by atoms with Gasteiger partial charge in [0, 0.05) is 12.8 Å². The molecule has 0 saturated heterocycles. The Hall–Kier alpha value is -0.500. The molecule has 0 aliphatic heterocycles. The van der Waals surface area contributed by atoms with Crippen LogP contribution in [0, 0.1) is 0 Å². The summed E-state index contributed by atoms with van der Waals surface area (Å²) in [6, 6.07) is 0. The van der Waals surface area contributed by atoms with E-state index in [9.17, 15) is 9.46 Å². The summed E-state index contributed by atoms with van der Waals surface area (Å²) in [5.74, 6) is 0. The molecule has 0 aliphatic carbocycles. The Morgan fingerprint density at radius 3 is 1.33 bits per heavy atom. The molecule has 0 aromatic rings. The molecular formula is C32H63NO2P+. The molecule has 0 rings (SSSR count). The van der Waals surface area contributed by atoms with Crippen LogP contribution in [0.25, 0.3) is 0 Å². The molecule has 2 atom stereocenters. The molecule has 0 N–H and O–H groups in total. The average molecular weight is 525 g/mol. The molecule has 2 unspecified atom stereocenters. The van der Waals surface area contributed by atoms with E-state index in [1.165, 1.54) is 116 Å². The third kappa shape index (κ3) is 17.9. The molecule has 0 bridgehead atoms. The zero-order valence-electron chi connectivity index (χ0n) is 24.9. The minimum absolute atomic E-state index is 0.519. The van der Waals surface area contributed by atoms with Crippen molar-refractivity contribution in [3.63, 3.8) is 0 Å². The van der Waals surface area contributed by atoms with Crippen LogP contribution in [0.2, 0.25) is 0 Å². The minimum Gasteiger partial charge on any atom is -0.590 e. The lowest BCUT2D eigenvalue weighted by molar-refractivity contribution is -0.910. The monoisotopic (exact) mass is 524 g/mol. The lowest BCUT2D eigenvalue weighted by atomic mass is 9.99.